The fraction of sp³-hybridized carbons (Fsp3) is 0.240. The van der Waals surface area contributed by atoms with Crippen LogP contribution in [0.15, 0.2) is 48.8 Å². The minimum absolute atomic E-state index is 0.619. The van der Waals surface area contributed by atoms with Gasteiger partial charge in [-0.15, -0.1) is 0 Å². The van der Waals surface area contributed by atoms with Crippen LogP contribution in [0.2, 0.25) is 0 Å². The minimum Gasteiger partial charge on any atom is -0.397 e. The van der Waals surface area contributed by atoms with Crippen LogP contribution < -0.4 is 10.6 Å². The van der Waals surface area contributed by atoms with E-state index in [1.165, 1.54) is 35.9 Å². The van der Waals surface area contributed by atoms with Crippen LogP contribution in [0.4, 0.5) is 11.4 Å². The van der Waals surface area contributed by atoms with E-state index in [9.17, 15) is 0 Å². The van der Waals surface area contributed by atoms with Gasteiger partial charge in [0.15, 0.2) is 0 Å². The van der Waals surface area contributed by atoms with Crippen molar-refractivity contribution < 1.29 is 0 Å². The number of anilines is 2. The number of nitrogen functional groups attached to an aromatic ring is 1. The van der Waals surface area contributed by atoms with E-state index in [0.717, 1.165) is 52.3 Å². The van der Waals surface area contributed by atoms with Gasteiger partial charge in [-0.25, -0.2) is 4.98 Å². The lowest BCUT2D eigenvalue weighted by atomic mass is 10.1. The highest BCUT2D eigenvalue weighted by molar-refractivity contribution is 6.00. The fourth-order valence-electron chi connectivity index (χ4n) is 4.73. The Kier molecular flexibility index (Phi) is 4.35. The molecule has 7 heteroatoms. The van der Waals surface area contributed by atoms with Gasteiger partial charge < -0.3 is 15.6 Å². The van der Waals surface area contributed by atoms with Crippen LogP contribution >= 0.6 is 0 Å². The standard InChI is InChI=1S/C25H25N7/c1-15-5-8-22(32-9-3-2-4-10-32)18-12-21(29-23(15)18)25-24-20(30-31-25)7-6-19(28-24)16-11-17(26)14-27-13-16/h5-8,11-14,29H,2-4,9-10,26H2,1H3,(H,30,31). The largest absolute Gasteiger partial charge is 0.397 e. The number of rotatable bonds is 3. The number of nitrogens with one attached hydrogen (secondary N) is 2. The average Bonchev–Trinajstić information content (AvgIpc) is 3.44. The van der Waals surface area contributed by atoms with Crippen LogP contribution in [0.5, 0.6) is 0 Å². The van der Waals surface area contributed by atoms with Crippen LogP contribution in [0.3, 0.4) is 0 Å². The summed E-state index contributed by atoms with van der Waals surface area (Å²) in [4.78, 5) is 15.2. The molecule has 0 aliphatic carbocycles. The number of nitrogens with two attached hydrogens (primary N) is 1. The van der Waals surface area contributed by atoms with Crippen molar-refractivity contribution in [2.75, 3.05) is 23.7 Å². The zero-order valence-electron chi connectivity index (χ0n) is 18.0. The van der Waals surface area contributed by atoms with E-state index in [-0.39, 0.29) is 0 Å². The predicted molar refractivity (Wildman–Crippen MR) is 130 cm³/mol. The summed E-state index contributed by atoms with van der Waals surface area (Å²) in [7, 11) is 0. The number of piperidine rings is 1. The summed E-state index contributed by atoms with van der Waals surface area (Å²) in [5, 5.41) is 8.99. The Hall–Kier alpha value is -3.87. The smallest absolute Gasteiger partial charge is 0.135 e. The van der Waals surface area contributed by atoms with E-state index < -0.39 is 0 Å². The molecular formula is C25H25N7. The molecule has 4 N–H and O–H groups in total. The number of aryl methyl sites for hydroxylation is 1. The third-order valence-corrected chi connectivity index (χ3v) is 6.39. The van der Waals surface area contributed by atoms with Gasteiger partial charge in [-0.3, -0.25) is 10.1 Å². The maximum Gasteiger partial charge on any atom is 0.135 e. The van der Waals surface area contributed by atoms with E-state index in [1.54, 1.807) is 12.4 Å². The number of hydrogen-bond donors (Lipinski definition) is 3. The Balaban J connectivity index is 1.49. The number of hydrogen-bond acceptors (Lipinski definition) is 5. The Morgan fingerprint density at radius 3 is 2.72 bits per heavy atom. The number of nitrogens with zero attached hydrogens (tertiary/aromatic N) is 4. The van der Waals surface area contributed by atoms with Gasteiger partial charge in [0, 0.05) is 42.1 Å². The summed E-state index contributed by atoms with van der Waals surface area (Å²) < 4.78 is 0. The molecule has 0 unspecified atom stereocenters. The Bertz CT molecular complexity index is 1440. The first kappa shape index (κ1) is 18.9. The quantitative estimate of drug-likeness (QED) is 0.377. The molecule has 1 aliphatic rings. The molecule has 0 spiro atoms. The van der Waals surface area contributed by atoms with Gasteiger partial charge in [-0.1, -0.05) is 6.07 Å². The molecule has 5 heterocycles. The Morgan fingerprint density at radius 1 is 1.00 bits per heavy atom. The SMILES string of the molecule is Cc1ccc(N2CCCCC2)c2cc(-c3n[nH]c4ccc(-c5cncc(N)c5)nc34)[nH]c12. The third kappa shape index (κ3) is 3.09. The number of benzene rings is 1. The lowest BCUT2D eigenvalue weighted by Gasteiger charge is -2.29. The topological polar surface area (TPSA) is 99.5 Å². The van der Waals surface area contributed by atoms with Crippen molar-refractivity contribution in [2.45, 2.75) is 26.2 Å². The van der Waals surface area contributed by atoms with Crippen LogP contribution in [0, 0.1) is 6.92 Å². The molecule has 6 rings (SSSR count). The molecule has 0 amide bonds. The second-order valence-electron chi connectivity index (χ2n) is 8.59. The van der Waals surface area contributed by atoms with E-state index >= 15 is 0 Å². The summed E-state index contributed by atoms with van der Waals surface area (Å²) in [6, 6.07) is 12.5. The van der Waals surface area contributed by atoms with Crippen molar-refractivity contribution in [1.82, 2.24) is 25.1 Å². The summed E-state index contributed by atoms with van der Waals surface area (Å²) in [6.45, 7) is 4.38. The molecule has 4 aromatic heterocycles. The molecule has 160 valence electrons. The highest BCUT2D eigenvalue weighted by Crippen LogP contribution is 2.36. The average molecular weight is 424 g/mol. The minimum atomic E-state index is 0.619. The number of H-pyrrole nitrogens is 2. The highest BCUT2D eigenvalue weighted by Gasteiger charge is 2.19. The second-order valence-corrected chi connectivity index (χ2v) is 8.59. The number of pyridine rings is 2. The van der Waals surface area contributed by atoms with E-state index in [2.05, 4.69) is 50.2 Å². The highest BCUT2D eigenvalue weighted by atomic mass is 15.1. The maximum atomic E-state index is 5.92. The third-order valence-electron chi connectivity index (χ3n) is 6.39. The first-order valence-corrected chi connectivity index (χ1v) is 11.1. The molecule has 0 atom stereocenters. The van der Waals surface area contributed by atoms with Crippen molar-refractivity contribution in [3.63, 3.8) is 0 Å². The lowest BCUT2D eigenvalue weighted by molar-refractivity contribution is 0.579. The molecule has 5 aromatic rings. The molecule has 1 aliphatic heterocycles. The number of aromatic nitrogens is 5. The van der Waals surface area contributed by atoms with Gasteiger partial charge in [-0.05, 0) is 62.1 Å². The summed E-state index contributed by atoms with van der Waals surface area (Å²) in [6.07, 6.45) is 7.24. The molecule has 0 saturated carbocycles. The molecule has 32 heavy (non-hydrogen) atoms. The molecule has 0 radical (unpaired) electrons. The normalized spacial score (nSPS) is 14.5. The summed E-state index contributed by atoms with van der Waals surface area (Å²) >= 11 is 0. The zero-order valence-corrected chi connectivity index (χ0v) is 18.0. The molecule has 1 fully saturated rings. The van der Waals surface area contributed by atoms with Crippen molar-refractivity contribution in [3.05, 3.63) is 54.4 Å². The van der Waals surface area contributed by atoms with Gasteiger partial charge in [0.05, 0.1) is 28.1 Å². The number of fused-ring (bicyclic) bond motifs is 2. The molecule has 1 saturated heterocycles. The predicted octanol–water partition coefficient (Wildman–Crippen LogP) is 5.05. The summed E-state index contributed by atoms with van der Waals surface area (Å²) in [5.74, 6) is 0. The molecule has 1 aromatic carbocycles. The van der Waals surface area contributed by atoms with Crippen LogP contribution in [-0.2, 0) is 0 Å². The second kappa shape index (κ2) is 7.37. The zero-order chi connectivity index (χ0) is 21.7. The van der Waals surface area contributed by atoms with Crippen molar-refractivity contribution in [1.29, 1.82) is 0 Å². The van der Waals surface area contributed by atoms with Gasteiger partial charge in [-0.2, -0.15) is 5.10 Å². The maximum absolute atomic E-state index is 5.92. The van der Waals surface area contributed by atoms with Crippen molar-refractivity contribution in [3.8, 4) is 22.6 Å². The van der Waals surface area contributed by atoms with Crippen molar-refractivity contribution >= 4 is 33.3 Å². The first-order chi connectivity index (χ1) is 15.7. The fourth-order valence-corrected chi connectivity index (χ4v) is 4.73. The molecule has 7 nitrogen and oxygen atoms in total. The monoisotopic (exact) mass is 423 g/mol. The molecular weight excluding hydrogens is 398 g/mol. The van der Waals surface area contributed by atoms with Crippen LogP contribution in [-0.4, -0.2) is 38.2 Å². The Labute approximate surface area is 185 Å². The Morgan fingerprint density at radius 2 is 1.88 bits per heavy atom. The van der Waals surface area contributed by atoms with E-state index in [0.29, 0.717) is 5.69 Å². The molecule has 0 bridgehead atoms. The van der Waals surface area contributed by atoms with E-state index in [4.69, 9.17) is 10.7 Å². The van der Waals surface area contributed by atoms with Gasteiger partial charge in [0.2, 0.25) is 0 Å². The van der Waals surface area contributed by atoms with Gasteiger partial charge >= 0.3 is 0 Å². The van der Waals surface area contributed by atoms with Crippen LogP contribution in [0.25, 0.3) is 44.6 Å². The number of aromatic amines is 2. The lowest BCUT2D eigenvalue weighted by Crippen LogP contribution is -2.29. The first-order valence-electron chi connectivity index (χ1n) is 11.1. The summed E-state index contributed by atoms with van der Waals surface area (Å²) in [5.41, 5.74) is 15.4. The van der Waals surface area contributed by atoms with Crippen LogP contribution in [0.1, 0.15) is 24.8 Å². The van der Waals surface area contributed by atoms with E-state index in [1.807, 2.05) is 18.2 Å². The van der Waals surface area contributed by atoms with Crippen molar-refractivity contribution in [2.24, 2.45) is 0 Å². The van der Waals surface area contributed by atoms with Gasteiger partial charge in [0.25, 0.3) is 0 Å². The van der Waals surface area contributed by atoms with Gasteiger partial charge in [0.1, 0.15) is 11.2 Å².